The molecule has 0 atom stereocenters. The second-order valence-electron chi connectivity index (χ2n) is 8.32. The van der Waals surface area contributed by atoms with Gasteiger partial charge >= 0.3 is 0 Å². The molecule has 5 heteroatoms. The fourth-order valence-corrected chi connectivity index (χ4v) is 4.37. The number of nitrogens with one attached hydrogen (secondary N) is 1. The fraction of sp³-hybridized carbons (Fsp3) is 0.500. The molecule has 0 radical (unpaired) electrons. The van der Waals surface area contributed by atoms with Crippen LogP contribution >= 0.6 is 0 Å². The minimum Gasteiger partial charge on any atom is -0.367 e. The molecule has 0 spiro atoms. The first-order valence-electron chi connectivity index (χ1n) is 11.1. The summed E-state index contributed by atoms with van der Waals surface area (Å²) in [6, 6.07) is 14.9. The van der Waals surface area contributed by atoms with Gasteiger partial charge < -0.3 is 10.2 Å². The Morgan fingerprint density at radius 2 is 1.66 bits per heavy atom. The summed E-state index contributed by atoms with van der Waals surface area (Å²) in [7, 11) is 0. The van der Waals surface area contributed by atoms with E-state index in [1.165, 1.54) is 44.1 Å². The zero-order chi connectivity index (χ0) is 19.9. The van der Waals surface area contributed by atoms with Gasteiger partial charge in [0.05, 0.1) is 5.56 Å². The number of carbonyl (C=O) groups excluding carboxylic acids is 1. The van der Waals surface area contributed by atoms with Crippen molar-refractivity contribution in [3.8, 4) is 0 Å². The highest BCUT2D eigenvalue weighted by Crippen LogP contribution is 2.20. The predicted molar refractivity (Wildman–Crippen MR) is 117 cm³/mol. The van der Waals surface area contributed by atoms with Crippen molar-refractivity contribution >= 4 is 11.7 Å². The van der Waals surface area contributed by atoms with E-state index in [4.69, 9.17) is 0 Å². The number of aromatic nitrogens is 1. The van der Waals surface area contributed by atoms with E-state index in [2.05, 4.69) is 39.5 Å². The van der Waals surface area contributed by atoms with Crippen LogP contribution in [0.2, 0.25) is 0 Å². The van der Waals surface area contributed by atoms with Crippen molar-refractivity contribution in [2.45, 2.75) is 51.1 Å². The first kappa shape index (κ1) is 19.9. The minimum absolute atomic E-state index is 0.0953. The summed E-state index contributed by atoms with van der Waals surface area (Å²) in [6.45, 7) is 4.32. The average molecular weight is 393 g/mol. The van der Waals surface area contributed by atoms with Crippen LogP contribution in [0.15, 0.2) is 48.7 Å². The summed E-state index contributed by atoms with van der Waals surface area (Å²) in [5.74, 6) is 0.985. The third-order valence-corrected chi connectivity index (χ3v) is 6.13. The molecule has 1 amide bonds. The monoisotopic (exact) mass is 392 g/mol. The van der Waals surface area contributed by atoms with Crippen molar-refractivity contribution in [1.29, 1.82) is 0 Å². The average Bonchev–Trinajstić information content (AvgIpc) is 3.04. The van der Waals surface area contributed by atoms with Gasteiger partial charge in [-0.1, -0.05) is 56.0 Å². The van der Waals surface area contributed by atoms with Crippen molar-refractivity contribution in [1.82, 2.24) is 14.8 Å². The molecule has 1 aliphatic carbocycles. The topological polar surface area (TPSA) is 48.5 Å². The van der Waals surface area contributed by atoms with Crippen LogP contribution in [0, 0.1) is 0 Å². The van der Waals surface area contributed by atoms with Gasteiger partial charge in [-0.05, 0) is 30.5 Å². The van der Waals surface area contributed by atoms with E-state index in [0.29, 0.717) is 11.6 Å². The highest BCUT2D eigenvalue weighted by Gasteiger charge is 2.22. The first-order valence-corrected chi connectivity index (χ1v) is 11.1. The largest absolute Gasteiger partial charge is 0.367 e. The number of carbonyl (C=O) groups is 1. The number of hydrogen-bond acceptors (Lipinski definition) is 4. The van der Waals surface area contributed by atoms with Crippen LogP contribution in [-0.2, 0) is 6.54 Å². The molecule has 2 aliphatic rings. The highest BCUT2D eigenvalue weighted by molar-refractivity contribution is 5.94. The summed E-state index contributed by atoms with van der Waals surface area (Å²) >= 11 is 0. The molecular weight excluding hydrogens is 360 g/mol. The number of piperazine rings is 1. The highest BCUT2D eigenvalue weighted by atomic mass is 16.2. The van der Waals surface area contributed by atoms with Crippen LogP contribution < -0.4 is 5.32 Å². The van der Waals surface area contributed by atoms with Crippen molar-refractivity contribution in [2.24, 2.45) is 0 Å². The molecule has 29 heavy (non-hydrogen) atoms. The van der Waals surface area contributed by atoms with Gasteiger partial charge in [0, 0.05) is 45.0 Å². The van der Waals surface area contributed by atoms with Gasteiger partial charge in [0.2, 0.25) is 0 Å². The summed E-state index contributed by atoms with van der Waals surface area (Å²) < 4.78 is 0. The first-order chi connectivity index (χ1) is 14.3. The number of hydrogen-bond donors (Lipinski definition) is 1. The molecule has 1 aliphatic heterocycles. The third kappa shape index (κ3) is 5.57. The van der Waals surface area contributed by atoms with E-state index in [1.807, 2.05) is 23.1 Å². The lowest BCUT2D eigenvalue weighted by atomic mass is 10.1. The standard InChI is InChI=1S/C24H32N4O/c29-24(28-16-14-27(15-17-28)19-20-8-4-3-5-9-20)21-12-13-23(25-18-21)26-22-10-6-1-2-7-11-22/h3-5,8-9,12-13,18,22H,1-2,6-7,10-11,14-17,19H2,(H,25,26). The number of rotatable bonds is 5. The number of nitrogens with zero attached hydrogens (tertiary/aromatic N) is 3. The van der Waals surface area contributed by atoms with Gasteiger partial charge in [0.15, 0.2) is 0 Å². The summed E-state index contributed by atoms with van der Waals surface area (Å²) in [6.07, 6.45) is 9.45. The van der Waals surface area contributed by atoms with Gasteiger partial charge in [-0.3, -0.25) is 9.69 Å². The van der Waals surface area contributed by atoms with E-state index in [-0.39, 0.29) is 5.91 Å². The van der Waals surface area contributed by atoms with Crippen molar-refractivity contribution < 1.29 is 4.79 Å². The second kappa shape index (κ2) is 9.88. The smallest absolute Gasteiger partial charge is 0.255 e. The normalized spacial score (nSPS) is 19.0. The minimum atomic E-state index is 0.0953. The summed E-state index contributed by atoms with van der Waals surface area (Å²) in [5, 5.41) is 3.55. The molecule has 5 nitrogen and oxygen atoms in total. The summed E-state index contributed by atoms with van der Waals surface area (Å²) in [4.78, 5) is 21.7. The molecule has 1 saturated heterocycles. The van der Waals surface area contributed by atoms with Gasteiger partial charge in [-0.2, -0.15) is 0 Å². The molecule has 2 aromatic rings. The zero-order valence-electron chi connectivity index (χ0n) is 17.2. The van der Waals surface area contributed by atoms with Crippen LogP contribution in [0.3, 0.4) is 0 Å². The quantitative estimate of drug-likeness (QED) is 0.776. The van der Waals surface area contributed by atoms with Crippen molar-refractivity contribution in [3.63, 3.8) is 0 Å². The molecule has 1 N–H and O–H groups in total. The van der Waals surface area contributed by atoms with E-state index in [1.54, 1.807) is 6.20 Å². The van der Waals surface area contributed by atoms with Crippen LogP contribution in [0.5, 0.6) is 0 Å². The Hall–Kier alpha value is -2.40. The third-order valence-electron chi connectivity index (χ3n) is 6.13. The molecular formula is C24H32N4O. The lowest BCUT2D eigenvalue weighted by Gasteiger charge is -2.34. The maximum Gasteiger partial charge on any atom is 0.255 e. The number of benzene rings is 1. The van der Waals surface area contributed by atoms with Gasteiger partial charge in [0.25, 0.3) is 5.91 Å². The molecule has 1 aromatic heterocycles. The molecule has 1 aromatic carbocycles. The predicted octanol–water partition coefficient (Wildman–Crippen LogP) is 4.17. The number of anilines is 1. The SMILES string of the molecule is O=C(c1ccc(NC2CCCCCC2)nc1)N1CCN(Cc2ccccc2)CC1. The van der Waals surface area contributed by atoms with Crippen molar-refractivity contribution in [2.75, 3.05) is 31.5 Å². The molecule has 154 valence electrons. The molecule has 4 rings (SSSR count). The Morgan fingerprint density at radius 3 is 2.31 bits per heavy atom. The Balaban J connectivity index is 1.27. The Labute approximate surface area is 174 Å². The molecule has 0 bridgehead atoms. The van der Waals surface area contributed by atoms with E-state index in [0.717, 1.165) is 38.5 Å². The molecule has 0 unspecified atom stereocenters. The summed E-state index contributed by atoms with van der Waals surface area (Å²) in [5.41, 5.74) is 2.01. The maximum atomic E-state index is 12.9. The van der Waals surface area contributed by atoms with Gasteiger partial charge in [-0.25, -0.2) is 4.98 Å². The lowest BCUT2D eigenvalue weighted by Crippen LogP contribution is -2.48. The maximum absolute atomic E-state index is 12.9. The van der Waals surface area contributed by atoms with Crippen LogP contribution in [0.1, 0.15) is 54.4 Å². The molecule has 2 heterocycles. The van der Waals surface area contributed by atoms with Crippen LogP contribution in [-0.4, -0.2) is 52.9 Å². The Bertz CT molecular complexity index is 761. The zero-order valence-corrected chi connectivity index (χ0v) is 17.2. The fourth-order valence-electron chi connectivity index (χ4n) is 4.37. The van der Waals surface area contributed by atoms with E-state index in [9.17, 15) is 4.79 Å². The van der Waals surface area contributed by atoms with Crippen LogP contribution in [0.4, 0.5) is 5.82 Å². The number of pyridine rings is 1. The van der Waals surface area contributed by atoms with E-state index >= 15 is 0 Å². The lowest BCUT2D eigenvalue weighted by molar-refractivity contribution is 0.0628. The van der Waals surface area contributed by atoms with Gasteiger partial charge in [-0.15, -0.1) is 0 Å². The molecule has 1 saturated carbocycles. The van der Waals surface area contributed by atoms with E-state index < -0.39 is 0 Å². The Morgan fingerprint density at radius 1 is 0.931 bits per heavy atom. The van der Waals surface area contributed by atoms with Gasteiger partial charge in [0.1, 0.15) is 5.82 Å². The van der Waals surface area contributed by atoms with Crippen LogP contribution in [0.25, 0.3) is 0 Å². The number of amides is 1. The molecule has 2 fully saturated rings. The second-order valence-corrected chi connectivity index (χ2v) is 8.32. The van der Waals surface area contributed by atoms with Crippen molar-refractivity contribution in [3.05, 3.63) is 59.8 Å². The Kier molecular flexibility index (Phi) is 6.78.